The maximum atomic E-state index is 13.0. The van der Waals surface area contributed by atoms with Crippen LogP contribution in [0.1, 0.15) is 24.0 Å². The van der Waals surface area contributed by atoms with E-state index in [0.29, 0.717) is 5.88 Å². The first kappa shape index (κ1) is 13.8. The van der Waals surface area contributed by atoms with E-state index < -0.39 is 0 Å². The lowest BCUT2D eigenvalue weighted by atomic mass is 9.98. The molecule has 0 saturated heterocycles. The fourth-order valence-corrected chi connectivity index (χ4v) is 2.03. The van der Waals surface area contributed by atoms with E-state index in [0.717, 1.165) is 29.5 Å². The zero-order valence-corrected chi connectivity index (χ0v) is 11.3. The molecule has 0 amide bonds. The maximum absolute atomic E-state index is 13.0. The average Bonchev–Trinajstić information content (AvgIpc) is 2.46. The number of unbranched alkanes of at least 4 members (excludes halogenated alkanes) is 1. The predicted molar refractivity (Wildman–Crippen MR) is 77.7 cm³/mol. The number of hydrogen-bond donors (Lipinski definition) is 0. The number of pyridine rings is 1. The van der Waals surface area contributed by atoms with Crippen LogP contribution in [0.15, 0.2) is 54.9 Å². The van der Waals surface area contributed by atoms with Crippen molar-refractivity contribution in [3.63, 3.8) is 0 Å². The van der Waals surface area contributed by atoms with Crippen molar-refractivity contribution >= 4 is 17.2 Å². The summed E-state index contributed by atoms with van der Waals surface area (Å²) >= 11 is 5.71. The Hall–Kier alpha value is -1.67. The van der Waals surface area contributed by atoms with Crippen LogP contribution in [0.5, 0.6) is 0 Å². The van der Waals surface area contributed by atoms with Gasteiger partial charge in [-0.3, -0.25) is 4.98 Å². The van der Waals surface area contributed by atoms with Gasteiger partial charge in [-0.25, -0.2) is 4.39 Å². The van der Waals surface area contributed by atoms with Crippen molar-refractivity contribution in [1.82, 2.24) is 4.98 Å². The minimum absolute atomic E-state index is 0.227. The molecule has 0 fully saturated rings. The van der Waals surface area contributed by atoms with E-state index >= 15 is 0 Å². The minimum atomic E-state index is -0.227. The van der Waals surface area contributed by atoms with Crippen molar-refractivity contribution in [3.8, 4) is 0 Å². The number of allylic oxidation sites excluding steroid dienone is 1. The first-order chi connectivity index (χ1) is 9.31. The molecule has 0 N–H and O–H groups in total. The quantitative estimate of drug-likeness (QED) is 0.571. The lowest BCUT2D eigenvalue weighted by molar-refractivity contribution is 0.627. The summed E-state index contributed by atoms with van der Waals surface area (Å²) in [6, 6.07) is 10.4. The van der Waals surface area contributed by atoms with Gasteiger partial charge in [-0.15, -0.1) is 11.6 Å². The highest BCUT2D eigenvalue weighted by molar-refractivity contribution is 6.17. The molecule has 0 atom stereocenters. The van der Waals surface area contributed by atoms with Gasteiger partial charge >= 0.3 is 0 Å². The SMILES string of the molecule is Fc1ccc(/C(=C/CCCCl)c2cccnc2)cc1. The van der Waals surface area contributed by atoms with Crippen LogP contribution in [0.3, 0.4) is 0 Å². The molecule has 1 aromatic carbocycles. The second-order valence-corrected chi connectivity index (χ2v) is 4.58. The van der Waals surface area contributed by atoms with Crippen LogP contribution < -0.4 is 0 Å². The summed E-state index contributed by atoms with van der Waals surface area (Å²) in [7, 11) is 0. The number of nitrogens with zero attached hydrogens (tertiary/aromatic N) is 1. The Morgan fingerprint density at radius 1 is 1.16 bits per heavy atom. The molecular weight excluding hydrogens is 261 g/mol. The van der Waals surface area contributed by atoms with E-state index in [4.69, 9.17) is 11.6 Å². The topological polar surface area (TPSA) is 12.9 Å². The Morgan fingerprint density at radius 3 is 2.58 bits per heavy atom. The molecule has 0 spiro atoms. The van der Waals surface area contributed by atoms with Gasteiger partial charge in [0, 0.05) is 23.8 Å². The lowest BCUT2D eigenvalue weighted by Gasteiger charge is -2.08. The summed E-state index contributed by atoms with van der Waals surface area (Å²) in [5.74, 6) is 0.412. The van der Waals surface area contributed by atoms with Gasteiger partial charge in [0.1, 0.15) is 5.82 Å². The molecule has 1 heterocycles. The fourth-order valence-electron chi connectivity index (χ4n) is 1.88. The Bertz CT molecular complexity index is 534. The van der Waals surface area contributed by atoms with Gasteiger partial charge in [-0.05, 0) is 42.2 Å². The molecule has 0 aliphatic heterocycles. The summed E-state index contributed by atoms with van der Waals surface area (Å²) in [5, 5.41) is 0. The average molecular weight is 276 g/mol. The third-order valence-electron chi connectivity index (χ3n) is 2.81. The van der Waals surface area contributed by atoms with Gasteiger partial charge in [-0.1, -0.05) is 24.3 Å². The molecule has 98 valence electrons. The van der Waals surface area contributed by atoms with E-state index in [2.05, 4.69) is 11.1 Å². The highest BCUT2D eigenvalue weighted by atomic mass is 35.5. The number of benzene rings is 1. The third-order valence-corrected chi connectivity index (χ3v) is 3.08. The summed E-state index contributed by atoms with van der Waals surface area (Å²) in [4.78, 5) is 4.14. The molecular formula is C16H15ClFN. The van der Waals surface area contributed by atoms with Crippen molar-refractivity contribution in [1.29, 1.82) is 0 Å². The molecule has 2 rings (SSSR count). The molecule has 0 saturated carbocycles. The molecule has 0 aliphatic carbocycles. The van der Waals surface area contributed by atoms with Gasteiger partial charge in [0.2, 0.25) is 0 Å². The van der Waals surface area contributed by atoms with Gasteiger partial charge in [0.25, 0.3) is 0 Å². The smallest absolute Gasteiger partial charge is 0.123 e. The maximum Gasteiger partial charge on any atom is 0.123 e. The second kappa shape index (κ2) is 7.05. The van der Waals surface area contributed by atoms with E-state index in [9.17, 15) is 4.39 Å². The number of rotatable bonds is 5. The highest BCUT2D eigenvalue weighted by Gasteiger charge is 2.05. The Labute approximate surface area is 117 Å². The fraction of sp³-hybridized carbons (Fsp3) is 0.188. The van der Waals surface area contributed by atoms with Crippen molar-refractivity contribution in [2.45, 2.75) is 12.8 Å². The van der Waals surface area contributed by atoms with Gasteiger partial charge in [0.15, 0.2) is 0 Å². The number of hydrogen-bond acceptors (Lipinski definition) is 1. The van der Waals surface area contributed by atoms with Crippen LogP contribution in [-0.2, 0) is 0 Å². The van der Waals surface area contributed by atoms with Gasteiger partial charge in [-0.2, -0.15) is 0 Å². The first-order valence-corrected chi connectivity index (χ1v) is 6.77. The van der Waals surface area contributed by atoms with Crippen LogP contribution >= 0.6 is 11.6 Å². The van der Waals surface area contributed by atoms with Crippen molar-refractivity contribution in [2.24, 2.45) is 0 Å². The first-order valence-electron chi connectivity index (χ1n) is 6.23. The van der Waals surface area contributed by atoms with Gasteiger partial charge in [0.05, 0.1) is 0 Å². The molecule has 19 heavy (non-hydrogen) atoms. The normalized spacial score (nSPS) is 11.6. The predicted octanol–water partition coefficient (Wildman–Crippen LogP) is 4.67. The molecule has 0 unspecified atom stereocenters. The summed E-state index contributed by atoms with van der Waals surface area (Å²) in [6.07, 6.45) is 7.50. The van der Waals surface area contributed by atoms with Crippen molar-refractivity contribution < 1.29 is 4.39 Å². The van der Waals surface area contributed by atoms with Crippen LogP contribution in [0.25, 0.3) is 5.57 Å². The summed E-state index contributed by atoms with van der Waals surface area (Å²) in [5.41, 5.74) is 3.09. The van der Waals surface area contributed by atoms with E-state index in [1.54, 1.807) is 18.3 Å². The van der Waals surface area contributed by atoms with E-state index in [1.807, 2.05) is 18.3 Å². The van der Waals surface area contributed by atoms with Crippen LogP contribution in [-0.4, -0.2) is 10.9 Å². The summed E-state index contributed by atoms with van der Waals surface area (Å²) < 4.78 is 13.0. The summed E-state index contributed by atoms with van der Waals surface area (Å²) in [6.45, 7) is 0. The van der Waals surface area contributed by atoms with Crippen LogP contribution in [0.4, 0.5) is 4.39 Å². The molecule has 1 aromatic heterocycles. The number of halogens is 2. The standard InChI is InChI=1S/C16H15ClFN/c17-10-2-1-5-16(14-4-3-11-19-12-14)13-6-8-15(18)9-7-13/h3-9,11-12H,1-2,10H2/b16-5-. The molecule has 3 heteroatoms. The monoisotopic (exact) mass is 275 g/mol. The van der Waals surface area contributed by atoms with Gasteiger partial charge < -0.3 is 0 Å². The molecule has 2 aromatic rings. The number of aromatic nitrogens is 1. The van der Waals surface area contributed by atoms with E-state index in [1.165, 1.54) is 12.1 Å². The Balaban J connectivity index is 2.34. The van der Waals surface area contributed by atoms with Crippen molar-refractivity contribution in [3.05, 3.63) is 71.8 Å². The molecule has 0 radical (unpaired) electrons. The zero-order chi connectivity index (χ0) is 13.5. The van der Waals surface area contributed by atoms with E-state index in [-0.39, 0.29) is 5.82 Å². The third kappa shape index (κ3) is 3.90. The highest BCUT2D eigenvalue weighted by Crippen LogP contribution is 2.24. The lowest BCUT2D eigenvalue weighted by Crippen LogP contribution is -1.90. The minimum Gasteiger partial charge on any atom is -0.264 e. The van der Waals surface area contributed by atoms with Crippen LogP contribution in [0, 0.1) is 5.82 Å². The molecule has 0 aliphatic rings. The Morgan fingerprint density at radius 2 is 1.95 bits per heavy atom. The van der Waals surface area contributed by atoms with Crippen molar-refractivity contribution in [2.75, 3.05) is 5.88 Å². The largest absolute Gasteiger partial charge is 0.264 e. The zero-order valence-electron chi connectivity index (χ0n) is 10.5. The molecule has 0 bridgehead atoms. The second-order valence-electron chi connectivity index (χ2n) is 4.20. The Kier molecular flexibility index (Phi) is 5.10. The number of alkyl halides is 1. The van der Waals surface area contributed by atoms with Crippen LogP contribution in [0.2, 0.25) is 0 Å². The molecule has 1 nitrogen and oxygen atoms in total.